The molecule has 0 bridgehead atoms. The number of halogens is 2. The van der Waals surface area contributed by atoms with Crippen LogP contribution in [0, 0.1) is 5.82 Å². The maximum Gasteiger partial charge on any atom is 0.414 e. The van der Waals surface area contributed by atoms with E-state index in [9.17, 15) is 14.0 Å². The van der Waals surface area contributed by atoms with Gasteiger partial charge in [0.25, 0.3) is 0 Å². The molecule has 1 saturated heterocycles. The number of alkyl halides is 1. The minimum atomic E-state index is -0.593. The Labute approximate surface area is 181 Å². The first-order valence-electron chi connectivity index (χ1n) is 9.44. The first-order chi connectivity index (χ1) is 15.0. The quantitative estimate of drug-likeness (QED) is 0.560. The normalized spacial score (nSPS) is 15.7. The summed E-state index contributed by atoms with van der Waals surface area (Å²) in [6, 6.07) is 12.0. The van der Waals surface area contributed by atoms with Gasteiger partial charge in [-0.1, -0.05) is 24.3 Å². The van der Waals surface area contributed by atoms with Gasteiger partial charge in [-0.2, -0.15) is 0 Å². The lowest BCUT2D eigenvalue weighted by atomic mass is 10.0. The van der Waals surface area contributed by atoms with Crippen molar-refractivity contribution in [2.24, 2.45) is 0 Å². The average molecular weight is 445 g/mol. The van der Waals surface area contributed by atoms with Crippen LogP contribution in [0.25, 0.3) is 11.1 Å². The standard InChI is InChI=1S/C20H18ClFN6O3/c21-8-19(29)23-9-16-11-28(20(30)31-16)15-5-6-17(18(22)7-15)14-3-1-13(2-4-14)10-27-12-24-25-26-27/h1-7,12,16H,8-11H2,(H,23,29). The van der Waals surface area contributed by atoms with Crippen molar-refractivity contribution in [1.29, 1.82) is 0 Å². The Bertz CT molecular complexity index is 1080. The number of carbonyl (C=O) groups excluding carboxylic acids is 2. The smallest absolute Gasteiger partial charge is 0.414 e. The molecule has 1 atom stereocenters. The predicted molar refractivity (Wildman–Crippen MR) is 110 cm³/mol. The second-order valence-electron chi connectivity index (χ2n) is 6.92. The van der Waals surface area contributed by atoms with Gasteiger partial charge in [0.15, 0.2) is 0 Å². The lowest BCUT2D eigenvalue weighted by Crippen LogP contribution is -2.35. The molecule has 2 heterocycles. The number of nitrogens with one attached hydrogen (secondary N) is 1. The number of rotatable bonds is 7. The topological polar surface area (TPSA) is 102 Å². The molecular weight excluding hydrogens is 427 g/mol. The Hall–Kier alpha value is -3.53. The second-order valence-corrected chi connectivity index (χ2v) is 7.19. The molecule has 160 valence electrons. The van der Waals surface area contributed by atoms with Crippen molar-refractivity contribution in [1.82, 2.24) is 25.5 Å². The van der Waals surface area contributed by atoms with Crippen molar-refractivity contribution < 1.29 is 18.7 Å². The fraction of sp³-hybridized carbons (Fsp3) is 0.250. The van der Waals surface area contributed by atoms with E-state index < -0.39 is 18.0 Å². The monoisotopic (exact) mass is 444 g/mol. The van der Waals surface area contributed by atoms with Gasteiger partial charge in [0.05, 0.1) is 25.3 Å². The molecule has 2 amide bonds. The van der Waals surface area contributed by atoms with Gasteiger partial charge < -0.3 is 10.1 Å². The fourth-order valence-electron chi connectivity index (χ4n) is 3.25. The van der Waals surface area contributed by atoms with Crippen LogP contribution in [0.3, 0.4) is 0 Å². The summed E-state index contributed by atoms with van der Waals surface area (Å²) in [4.78, 5) is 24.8. The van der Waals surface area contributed by atoms with Crippen molar-refractivity contribution in [3.63, 3.8) is 0 Å². The summed E-state index contributed by atoms with van der Waals surface area (Å²) >= 11 is 5.43. The molecule has 1 aliphatic rings. The van der Waals surface area contributed by atoms with Crippen LogP contribution < -0.4 is 10.2 Å². The van der Waals surface area contributed by atoms with Gasteiger partial charge in [0.2, 0.25) is 5.91 Å². The van der Waals surface area contributed by atoms with Gasteiger partial charge in [0.1, 0.15) is 24.1 Å². The van der Waals surface area contributed by atoms with E-state index in [0.29, 0.717) is 23.4 Å². The van der Waals surface area contributed by atoms with E-state index in [0.717, 1.165) is 5.56 Å². The molecule has 9 nitrogen and oxygen atoms in total. The molecular formula is C20H18ClFN6O3. The maximum absolute atomic E-state index is 14.8. The number of amides is 2. The molecule has 2 aromatic carbocycles. The zero-order valence-electron chi connectivity index (χ0n) is 16.2. The first-order valence-corrected chi connectivity index (χ1v) is 9.97. The maximum atomic E-state index is 14.8. The van der Waals surface area contributed by atoms with Crippen molar-refractivity contribution in [2.45, 2.75) is 12.6 Å². The zero-order valence-corrected chi connectivity index (χ0v) is 17.0. The summed E-state index contributed by atoms with van der Waals surface area (Å²) in [5.74, 6) is -0.983. The average Bonchev–Trinajstić information content (AvgIpc) is 3.42. The molecule has 0 radical (unpaired) electrons. The van der Waals surface area contributed by atoms with Crippen LogP contribution >= 0.6 is 11.6 Å². The van der Waals surface area contributed by atoms with Crippen LogP contribution in [0.1, 0.15) is 5.56 Å². The predicted octanol–water partition coefficient (Wildman–Crippen LogP) is 2.21. The van der Waals surface area contributed by atoms with Crippen LogP contribution in [0.15, 0.2) is 48.8 Å². The molecule has 0 spiro atoms. The second kappa shape index (κ2) is 9.09. The van der Waals surface area contributed by atoms with Crippen LogP contribution in [-0.4, -0.2) is 57.3 Å². The van der Waals surface area contributed by atoms with Crippen LogP contribution in [-0.2, 0) is 16.1 Å². The summed E-state index contributed by atoms with van der Waals surface area (Å²) in [5.41, 5.74) is 2.47. The third-order valence-electron chi connectivity index (χ3n) is 4.79. The van der Waals surface area contributed by atoms with Gasteiger partial charge in [0, 0.05) is 5.56 Å². The largest absolute Gasteiger partial charge is 0.442 e. The highest BCUT2D eigenvalue weighted by atomic mass is 35.5. The van der Waals surface area contributed by atoms with Crippen molar-refractivity contribution >= 4 is 29.3 Å². The Morgan fingerprint density at radius 1 is 1.26 bits per heavy atom. The summed E-state index contributed by atoms with van der Waals surface area (Å²) in [7, 11) is 0. The highest BCUT2D eigenvalue weighted by Gasteiger charge is 2.32. The Morgan fingerprint density at radius 3 is 2.74 bits per heavy atom. The lowest BCUT2D eigenvalue weighted by Gasteiger charge is -2.15. The third-order valence-corrected chi connectivity index (χ3v) is 5.03. The Morgan fingerprint density at radius 2 is 2.06 bits per heavy atom. The van der Waals surface area contributed by atoms with E-state index in [1.165, 1.54) is 17.3 Å². The van der Waals surface area contributed by atoms with Gasteiger partial charge in [-0.25, -0.2) is 13.9 Å². The van der Waals surface area contributed by atoms with Crippen molar-refractivity contribution in [3.8, 4) is 11.1 Å². The van der Waals surface area contributed by atoms with E-state index >= 15 is 0 Å². The number of anilines is 1. The Balaban J connectivity index is 1.44. The summed E-state index contributed by atoms with van der Waals surface area (Å²) in [6.45, 7) is 0.857. The Kier molecular flexibility index (Phi) is 6.08. The van der Waals surface area contributed by atoms with Crippen molar-refractivity contribution in [3.05, 3.63) is 60.2 Å². The number of hydrogen-bond acceptors (Lipinski definition) is 6. The van der Waals surface area contributed by atoms with Gasteiger partial charge >= 0.3 is 6.09 Å². The molecule has 31 heavy (non-hydrogen) atoms. The molecule has 0 saturated carbocycles. The molecule has 1 aromatic heterocycles. The minimum absolute atomic E-state index is 0.144. The van der Waals surface area contributed by atoms with Crippen LogP contribution in [0.5, 0.6) is 0 Å². The highest BCUT2D eigenvalue weighted by molar-refractivity contribution is 6.27. The molecule has 4 rings (SSSR count). The molecule has 1 fully saturated rings. The number of benzene rings is 2. The highest BCUT2D eigenvalue weighted by Crippen LogP contribution is 2.29. The van der Waals surface area contributed by atoms with E-state index in [1.54, 1.807) is 16.8 Å². The molecule has 0 aliphatic carbocycles. The molecule has 1 unspecified atom stereocenters. The van der Waals surface area contributed by atoms with Crippen LogP contribution in [0.4, 0.5) is 14.9 Å². The summed E-state index contributed by atoms with van der Waals surface area (Å²) in [6.07, 6.45) is 0.394. The number of nitrogens with zero attached hydrogens (tertiary/aromatic N) is 5. The van der Waals surface area contributed by atoms with Crippen molar-refractivity contribution in [2.75, 3.05) is 23.9 Å². The molecule has 3 aromatic rings. The zero-order chi connectivity index (χ0) is 21.8. The minimum Gasteiger partial charge on any atom is -0.442 e. The number of cyclic esters (lactones) is 1. The molecule has 1 aliphatic heterocycles. The number of carbonyl (C=O) groups is 2. The van der Waals surface area contributed by atoms with Crippen LogP contribution in [0.2, 0.25) is 0 Å². The van der Waals surface area contributed by atoms with Gasteiger partial charge in [-0.05, 0) is 39.8 Å². The molecule has 1 N–H and O–H groups in total. The van der Waals surface area contributed by atoms with E-state index in [-0.39, 0.29) is 24.9 Å². The number of aromatic nitrogens is 4. The SMILES string of the molecule is O=C(CCl)NCC1CN(c2ccc(-c3ccc(Cn4cnnn4)cc3)c(F)c2)C(=O)O1. The number of ether oxygens (including phenoxy) is 1. The summed E-state index contributed by atoms with van der Waals surface area (Å²) in [5, 5.41) is 13.6. The third kappa shape index (κ3) is 4.80. The number of hydrogen-bond donors (Lipinski definition) is 1. The first kappa shape index (κ1) is 20.7. The van der Waals surface area contributed by atoms with E-state index in [1.807, 2.05) is 24.3 Å². The fourth-order valence-corrected chi connectivity index (χ4v) is 3.34. The van der Waals surface area contributed by atoms with E-state index in [2.05, 4.69) is 20.8 Å². The summed E-state index contributed by atoms with van der Waals surface area (Å²) < 4.78 is 21.7. The molecule has 11 heteroatoms. The van der Waals surface area contributed by atoms with E-state index in [4.69, 9.17) is 16.3 Å². The number of tetrazole rings is 1. The van der Waals surface area contributed by atoms with Gasteiger partial charge in [-0.3, -0.25) is 9.69 Å². The lowest BCUT2D eigenvalue weighted by molar-refractivity contribution is -0.119. The van der Waals surface area contributed by atoms with Gasteiger partial charge in [-0.15, -0.1) is 16.7 Å².